The number of carbonyl (C=O) groups is 1. The molecule has 0 spiro atoms. The molecular formula is C13H9ClN6O. The van der Waals surface area contributed by atoms with Crippen LogP contribution in [0, 0.1) is 0 Å². The third kappa shape index (κ3) is 1.95. The van der Waals surface area contributed by atoms with E-state index in [9.17, 15) is 4.79 Å². The van der Waals surface area contributed by atoms with Gasteiger partial charge in [0.1, 0.15) is 35.3 Å². The number of nitrogens with one attached hydrogen (secondary N) is 2. The van der Waals surface area contributed by atoms with Gasteiger partial charge in [0.05, 0.1) is 0 Å². The lowest BCUT2D eigenvalue weighted by atomic mass is 10.1. The van der Waals surface area contributed by atoms with Crippen LogP contribution in [0.3, 0.4) is 0 Å². The van der Waals surface area contributed by atoms with Crippen LogP contribution in [-0.2, 0) is 0 Å². The van der Waals surface area contributed by atoms with E-state index in [1.807, 2.05) is 0 Å². The van der Waals surface area contributed by atoms with Gasteiger partial charge in [0.2, 0.25) is 5.78 Å². The highest BCUT2D eigenvalue weighted by Gasteiger charge is 2.19. The first-order valence-corrected chi connectivity index (χ1v) is 5.95. The number of fused-ring (bicyclic) bond motifs is 2. The Morgan fingerprint density at radius 2 is 1.29 bits per heavy atom. The minimum Gasteiger partial charge on any atom is -0.346 e. The van der Waals surface area contributed by atoms with E-state index in [2.05, 4.69) is 29.9 Å². The fraction of sp³-hybridized carbons (Fsp3) is 0. The third-order valence-electron chi connectivity index (χ3n) is 3.14. The smallest absolute Gasteiger partial charge is 0.231 e. The molecule has 0 radical (unpaired) electrons. The summed E-state index contributed by atoms with van der Waals surface area (Å²) in [5.74, 6) is -0.246. The normalized spacial score (nSPS) is 10.7. The van der Waals surface area contributed by atoms with Crippen LogP contribution >= 0.6 is 12.4 Å². The van der Waals surface area contributed by atoms with Crippen molar-refractivity contribution in [2.45, 2.75) is 0 Å². The van der Waals surface area contributed by atoms with Crippen LogP contribution < -0.4 is 0 Å². The van der Waals surface area contributed by atoms with Crippen molar-refractivity contribution in [1.82, 2.24) is 29.9 Å². The maximum absolute atomic E-state index is 12.7. The first-order chi connectivity index (χ1) is 9.84. The van der Waals surface area contributed by atoms with Crippen molar-refractivity contribution in [3.8, 4) is 0 Å². The summed E-state index contributed by atoms with van der Waals surface area (Å²) in [6, 6.07) is 3.55. The van der Waals surface area contributed by atoms with E-state index in [4.69, 9.17) is 0 Å². The number of H-pyrrole nitrogens is 2. The average Bonchev–Trinajstić information content (AvgIpc) is 3.13. The van der Waals surface area contributed by atoms with E-state index in [1.165, 1.54) is 12.7 Å². The predicted molar refractivity (Wildman–Crippen MR) is 78.5 cm³/mol. The molecule has 0 unspecified atom stereocenters. The highest BCUT2D eigenvalue weighted by molar-refractivity contribution is 6.17. The second-order valence-corrected chi connectivity index (χ2v) is 4.25. The second-order valence-electron chi connectivity index (χ2n) is 4.25. The summed E-state index contributed by atoms with van der Waals surface area (Å²) in [7, 11) is 0. The Morgan fingerprint density at radius 1 is 0.810 bits per heavy atom. The molecule has 0 saturated heterocycles. The summed E-state index contributed by atoms with van der Waals surface area (Å²) < 4.78 is 0. The standard InChI is InChI=1S/C13H8N6O.ClH/c20-11(9-7-1-3-14-12(7)18-5-16-9)10-8-2-4-15-13(8)19-6-17-10;/h1-6H,(H,14,16,18)(H,15,17,19);1H. The van der Waals surface area contributed by atoms with E-state index in [1.54, 1.807) is 24.5 Å². The lowest BCUT2D eigenvalue weighted by Crippen LogP contribution is -2.08. The van der Waals surface area contributed by atoms with Gasteiger partial charge in [0, 0.05) is 23.2 Å². The van der Waals surface area contributed by atoms with E-state index in [0.717, 1.165) is 0 Å². The molecule has 0 saturated carbocycles. The molecule has 0 aliphatic rings. The molecule has 4 rings (SSSR count). The van der Waals surface area contributed by atoms with Gasteiger partial charge in [0.15, 0.2) is 0 Å². The van der Waals surface area contributed by atoms with Crippen molar-refractivity contribution in [2.75, 3.05) is 0 Å². The Morgan fingerprint density at radius 3 is 1.76 bits per heavy atom. The molecule has 0 aromatic carbocycles. The van der Waals surface area contributed by atoms with Gasteiger partial charge in [-0.2, -0.15) is 0 Å². The molecule has 104 valence electrons. The van der Waals surface area contributed by atoms with Gasteiger partial charge in [-0.3, -0.25) is 4.79 Å². The van der Waals surface area contributed by atoms with Crippen molar-refractivity contribution < 1.29 is 4.79 Å². The fourth-order valence-corrected chi connectivity index (χ4v) is 2.22. The lowest BCUT2D eigenvalue weighted by Gasteiger charge is -2.02. The zero-order valence-electron chi connectivity index (χ0n) is 10.6. The van der Waals surface area contributed by atoms with E-state index < -0.39 is 0 Å². The summed E-state index contributed by atoms with van der Waals surface area (Å²) in [6.45, 7) is 0. The minimum absolute atomic E-state index is 0. The number of halogens is 1. The molecule has 0 aliphatic carbocycles. The summed E-state index contributed by atoms with van der Waals surface area (Å²) in [5, 5.41) is 1.36. The number of carbonyl (C=O) groups excluding carboxylic acids is 1. The van der Waals surface area contributed by atoms with Crippen molar-refractivity contribution in [2.24, 2.45) is 0 Å². The average molecular weight is 301 g/mol. The molecule has 4 aromatic rings. The predicted octanol–water partition coefficient (Wildman–Crippen LogP) is 1.88. The summed E-state index contributed by atoms with van der Waals surface area (Å²) >= 11 is 0. The highest BCUT2D eigenvalue weighted by atomic mass is 35.5. The Balaban J connectivity index is 0.00000132. The fourth-order valence-electron chi connectivity index (χ4n) is 2.22. The Kier molecular flexibility index (Phi) is 3.11. The Labute approximate surface area is 124 Å². The number of nitrogens with zero attached hydrogens (tertiary/aromatic N) is 4. The number of rotatable bonds is 2. The van der Waals surface area contributed by atoms with E-state index in [-0.39, 0.29) is 18.2 Å². The van der Waals surface area contributed by atoms with Crippen molar-refractivity contribution in [1.29, 1.82) is 0 Å². The lowest BCUT2D eigenvalue weighted by molar-refractivity contribution is 0.103. The number of aromatic nitrogens is 6. The molecule has 8 heteroatoms. The minimum atomic E-state index is -0.246. The number of aromatic amines is 2. The molecule has 0 aliphatic heterocycles. The van der Waals surface area contributed by atoms with Crippen molar-refractivity contribution >= 4 is 40.3 Å². The molecule has 4 aromatic heterocycles. The van der Waals surface area contributed by atoms with Gasteiger partial charge in [-0.1, -0.05) is 0 Å². The van der Waals surface area contributed by atoms with Crippen LogP contribution in [0.4, 0.5) is 0 Å². The van der Waals surface area contributed by atoms with Crippen LogP contribution in [0.1, 0.15) is 16.2 Å². The highest BCUT2D eigenvalue weighted by Crippen LogP contribution is 2.20. The molecule has 2 N–H and O–H groups in total. The molecule has 0 bridgehead atoms. The quantitative estimate of drug-likeness (QED) is 0.551. The number of hydrogen-bond donors (Lipinski definition) is 2. The second kappa shape index (κ2) is 4.95. The summed E-state index contributed by atoms with van der Waals surface area (Å²) in [5.41, 5.74) is 1.92. The van der Waals surface area contributed by atoms with Gasteiger partial charge >= 0.3 is 0 Å². The third-order valence-corrected chi connectivity index (χ3v) is 3.14. The van der Waals surface area contributed by atoms with Gasteiger partial charge in [-0.25, -0.2) is 19.9 Å². The monoisotopic (exact) mass is 300 g/mol. The van der Waals surface area contributed by atoms with Crippen molar-refractivity contribution in [3.63, 3.8) is 0 Å². The number of ketones is 1. The topological polar surface area (TPSA) is 100 Å². The molecule has 21 heavy (non-hydrogen) atoms. The van der Waals surface area contributed by atoms with Crippen LogP contribution in [-0.4, -0.2) is 35.7 Å². The van der Waals surface area contributed by atoms with Crippen LogP contribution in [0.2, 0.25) is 0 Å². The van der Waals surface area contributed by atoms with Gasteiger partial charge in [0.25, 0.3) is 0 Å². The molecule has 7 nitrogen and oxygen atoms in total. The first-order valence-electron chi connectivity index (χ1n) is 5.95. The molecule has 4 heterocycles. The maximum Gasteiger partial charge on any atom is 0.231 e. The van der Waals surface area contributed by atoms with Gasteiger partial charge < -0.3 is 9.97 Å². The molecular weight excluding hydrogens is 292 g/mol. The SMILES string of the molecule is Cl.O=C(c1ncnc2[nH]ccc12)c1ncnc2[nH]ccc12. The molecule has 0 atom stereocenters. The zero-order chi connectivity index (χ0) is 13.5. The van der Waals surface area contributed by atoms with Crippen LogP contribution in [0.5, 0.6) is 0 Å². The van der Waals surface area contributed by atoms with E-state index in [0.29, 0.717) is 33.5 Å². The van der Waals surface area contributed by atoms with Gasteiger partial charge in [-0.15, -0.1) is 12.4 Å². The largest absolute Gasteiger partial charge is 0.346 e. The van der Waals surface area contributed by atoms with Gasteiger partial charge in [-0.05, 0) is 12.1 Å². The maximum atomic E-state index is 12.7. The Bertz CT molecular complexity index is 868. The molecule has 0 fully saturated rings. The first kappa shape index (κ1) is 13.2. The summed E-state index contributed by atoms with van der Waals surface area (Å²) in [4.78, 5) is 34.9. The summed E-state index contributed by atoms with van der Waals surface area (Å²) in [6.07, 6.45) is 6.17. The molecule has 0 amide bonds. The van der Waals surface area contributed by atoms with Crippen LogP contribution in [0.25, 0.3) is 22.1 Å². The number of hydrogen-bond acceptors (Lipinski definition) is 5. The zero-order valence-corrected chi connectivity index (χ0v) is 11.4. The van der Waals surface area contributed by atoms with Crippen molar-refractivity contribution in [3.05, 3.63) is 48.6 Å². The Hall–Kier alpha value is -2.80. The van der Waals surface area contributed by atoms with Crippen LogP contribution in [0.15, 0.2) is 37.2 Å². The van der Waals surface area contributed by atoms with E-state index >= 15 is 0 Å².